The number of hydrogen-bond donors (Lipinski definition) is 1. The second-order valence-electron chi connectivity index (χ2n) is 6.54. The van der Waals surface area contributed by atoms with Crippen LogP contribution in [0.2, 0.25) is 0 Å². The molecule has 1 aliphatic rings. The van der Waals surface area contributed by atoms with Crippen LogP contribution in [-0.4, -0.2) is 43.7 Å². The second kappa shape index (κ2) is 7.94. The van der Waals surface area contributed by atoms with Crippen LogP contribution in [0.4, 0.5) is 5.82 Å². The fraction of sp³-hybridized carbons (Fsp3) is 0.316. The van der Waals surface area contributed by atoms with Crippen LogP contribution in [0.15, 0.2) is 55.4 Å². The summed E-state index contributed by atoms with van der Waals surface area (Å²) in [5.41, 5.74) is 1.05. The fourth-order valence-electron chi connectivity index (χ4n) is 3.27. The molecule has 0 aromatic carbocycles. The predicted molar refractivity (Wildman–Crippen MR) is 100 cm³/mol. The molecule has 1 unspecified atom stereocenters. The number of rotatable bonds is 5. The molecule has 3 aromatic rings. The predicted octanol–water partition coefficient (Wildman–Crippen LogP) is 1.59. The van der Waals surface area contributed by atoms with E-state index < -0.39 is 0 Å². The lowest BCUT2D eigenvalue weighted by atomic mass is 9.97. The highest BCUT2D eigenvalue weighted by atomic mass is 16.1. The van der Waals surface area contributed by atoms with Crippen molar-refractivity contribution >= 4 is 11.7 Å². The SMILES string of the molecule is O=C(NCc1ccncc1)C1CCCN(c2cc(-n3cccn3)ncn2)C1. The lowest BCUT2D eigenvalue weighted by molar-refractivity contribution is -0.125. The van der Waals surface area contributed by atoms with Crippen molar-refractivity contribution in [1.82, 2.24) is 30.0 Å². The van der Waals surface area contributed by atoms with E-state index in [1.54, 1.807) is 29.6 Å². The Balaban J connectivity index is 1.40. The number of aromatic nitrogens is 5. The van der Waals surface area contributed by atoms with Gasteiger partial charge in [0.05, 0.1) is 5.92 Å². The average Bonchev–Trinajstić information content (AvgIpc) is 3.28. The van der Waals surface area contributed by atoms with E-state index in [1.807, 2.05) is 30.5 Å². The maximum Gasteiger partial charge on any atom is 0.225 e. The number of carbonyl (C=O) groups is 1. The molecule has 27 heavy (non-hydrogen) atoms. The molecule has 4 heterocycles. The molecular weight excluding hydrogens is 342 g/mol. The van der Waals surface area contributed by atoms with Crippen molar-refractivity contribution < 1.29 is 4.79 Å². The van der Waals surface area contributed by atoms with Crippen molar-refractivity contribution in [2.24, 2.45) is 5.92 Å². The smallest absolute Gasteiger partial charge is 0.225 e. The van der Waals surface area contributed by atoms with Crippen LogP contribution < -0.4 is 10.2 Å². The lowest BCUT2D eigenvalue weighted by Gasteiger charge is -2.32. The topological polar surface area (TPSA) is 88.8 Å². The van der Waals surface area contributed by atoms with Gasteiger partial charge in [-0.25, -0.2) is 14.6 Å². The largest absolute Gasteiger partial charge is 0.356 e. The van der Waals surface area contributed by atoms with E-state index >= 15 is 0 Å². The van der Waals surface area contributed by atoms with Gasteiger partial charge in [-0.05, 0) is 36.6 Å². The molecule has 8 nitrogen and oxygen atoms in total. The molecule has 1 amide bonds. The number of hydrogen-bond acceptors (Lipinski definition) is 6. The molecule has 1 aliphatic heterocycles. The van der Waals surface area contributed by atoms with E-state index in [-0.39, 0.29) is 11.8 Å². The summed E-state index contributed by atoms with van der Waals surface area (Å²) in [5, 5.41) is 7.24. The van der Waals surface area contributed by atoms with Gasteiger partial charge in [0.1, 0.15) is 12.1 Å². The Kier molecular flexibility index (Phi) is 5.04. The third-order valence-corrected chi connectivity index (χ3v) is 4.71. The van der Waals surface area contributed by atoms with Crippen molar-refractivity contribution in [2.45, 2.75) is 19.4 Å². The van der Waals surface area contributed by atoms with Crippen LogP contribution in [-0.2, 0) is 11.3 Å². The zero-order chi connectivity index (χ0) is 18.5. The number of carbonyl (C=O) groups excluding carboxylic acids is 1. The van der Waals surface area contributed by atoms with Gasteiger partial charge >= 0.3 is 0 Å². The maximum absolute atomic E-state index is 12.6. The summed E-state index contributed by atoms with van der Waals surface area (Å²) < 4.78 is 1.70. The molecule has 1 saturated heterocycles. The summed E-state index contributed by atoms with van der Waals surface area (Å²) in [6, 6.07) is 7.58. The third-order valence-electron chi connectivity index (χ3n) is 4.71. The zero-order valence-electron chi connectivity index (χ0n) is 14.9. The fourth-order valence-corrected chi connectivity index (χ4v) is 3.27. The van der Waals surface area contributed by atoms with Gasteiger partial charge in [0.25, 0.3) is 0 Å². The number of piperidine rings is 1. The van der Waals surface area contributed by atoms with Gasteiger partial charge in [-0.3, -0.25) is 9.78 Å². The van der Waals surface area contributed by atoms with Crippen LogP contribution in [0.5, 0.6) is 0 Å². The van der Waals surface area contributed by atoms with E-state index in [0.717, 1.165) is 30.8 Å². The summed E-state index contributed by atoms with van der Waals surface area (Å²) in [6.45, 7) is 2.05. The quantitative estimate of drug-likeness (QED) is 0.741. The molecule has 0 spiro atoms. The minimum atomic E-state index is -0.0521. The minimum absolute atomic E-state index is 0.0521. The Morgan fingerprint density at radius 3 is 2.85 bits per heavy atom. The normalized spacial score (nSPS) is 16.9. The highest BCUT2D eigenvalue weighted by Gasteiger charge is 2.26. The summed E-state index contributed by atoms with van der Waals surface area (Å²) in [7, 11) is 0. The van der Waals surface area contributed by atoms with Crippen LogP contribution in [0.25, 0.3) is 5.82 Å². The number of nitrogens with one attached hydrogen (secondary N) is 1. The Morgan fingerprint density at radius 2 is 2.04 bits per heavy atom. The first kappa shape index (κ1) is 17.1. The first-order chi connectivity index (χ1) is 13.3. The molecule has 138 valence electrons. The molecule has 3 aromatic heterocycles. The number of nitrogens with zero attached hydrogens (tertiary/aromatic N) is 6. The summed E-state index contributed by atoms with van der Waals surface area (Å²) >= 11 is 0. The monoisotopic (exact) mass is 363 g/mol. The Morgan fingerprint density at radius 1 is 1.19 bits per heavy atom. The van der Waals surface area contributed by atoms with Crippen molar-refractivity contribution in [2.75, 3.05) is 18.0 Å². The third kappa shape index (κ3) is 4.11. The van der Waals surface area contributed by atoms with Gasteiger partial charge < -0.3 is 10.2 Å². The summed E-state index contributed by atoms with van der Waals surface area (Å²) in [5.74, 6) is 1.57. The summed E-state index contributed by atoms with van der Waals surface area (Å²) in [6.07, 6.45) is 10.4. The van der Waals surface area contributed by atoms with E-state index in [9.17, 15) is 4.79 Å². The molecular formula is C19H21N7O. The lowest BCUT2D eigenvalue weighted by Crippen LogP contribution is -2.43. The number of pyridine rings is 1. The molecule has 1 N–H and O–H groups in total. The Labute approximate surface area is 157 Å². The highest BCUT2D eigenvalue weighted by Crippen LogP contribution is 2.22. The van der Waals surface area contributed by atoms with Crippen LogP contribution >= 0.6 is 0 Å². The van der Waals surface area contributed by atoms with Gasteiger partial charge in [-0.2, -0.15) is 5.10 Å². The molecule has 0 bridgehead atoms. The van der Waals surface area contributed by atoms with Crippen molar-refractivity contribution in [3.8, 4) is 5.82 Å². The van der Waals surface area contributed by atoms with E-state index in [2.05, 4.69) is 30.3 Å². The summed E-state index contributed by atoms with van der Waals surface area (Å²) in [4.78, 5) is 27.4. The first-order valence-electron chi connectivity index (χ1n) is 9.03. The number of amides is 1. The van der Waals surface area contributed by atoms with Gasteiger partial charge in [-0.1, -0.05) is 0 Å². The molecule has 4 rings (SSSR count). The van der Waals surface area contributed by atoms with Gasteiger partial charge in [0, 0.05) is 50.5 Å². The average molecular weight is 363 g/mol. The molecule has 1 atom stereocenters. The van der Waals surface area contributed by atoms with Crippen molar-refractivity contribution in [3.05, 3.63) is 60.9 Å². The first-order valence-corrected chi connectivity index (χ1v) is 9.03. The standard InChI is InChI=1S/C19H21N7O/c27-19(21-12-15-4-7-20-8-5-15)16-3-1-9-25(13-16)17-11-18(23-14-22-17)26-10-2-6-24-26/h2,4-8,10-11,14,16H,1,3,9,12-13H2,(H,21,27). The molecule has 0 radical (unpaired) electrons. The van der Waals surface area contributed by atoms with E-state index in [0.29, 0.717) is 18.9 Å². The minimum Gasteiger partial charge on any atom is -0.356 e. The van der Waals surface area contributed by atoms with E-state index in [4.69, 9.17) is 0 Å². The second-order valence-corrected chi connectivity index (χ2v) is 6.54. The molecule has 1 fully saturated rings. The van der Waals surface area contributed by atoms with E-state index in [1.165, 1.54) is 0 Å². The van der Waals surface area contributed by atoms with Crippen LogP contribution in [0.1, 0.15) is 18.4 Å². The van der Waals surface area contributed by atoms with Gasteiger partial charge in [0.2, 0.25) is 5.91 Å². The molecule has 0 aliphatic carbocycles. The van der Waals surface area contributed by atoms with Crippen LogP contribution in [0, 0.1) is 5.92 Å². The molecule has 8 heteroatoms. The highest BCUT2D eigenvalue weighted by molar-refractivity contribution is 5.79. The number of anilines is 1. The zero-order valence-corrected chi connectivity index (χ0v) is 14.9. The Hall–Kier alpha value is -3.29. The van der Waals surface area contributed by atoms with Crippen molar-refractivity contribution in [1.29, 1.82) is 0 Å². The Bertz CT molecular complexity index is 882. The maximum atomic E-state index is 12.6. The van der Waals surface area contributed by atoms with Crippen molar-refractivity contribution in [3.63, 3.8) is 0 Å². The van der Waals surface area contributed by atoms with Crippen LogP contribution in [0.3, 0.4) is 0 Å². The van der Waals surface area contributed by atoms with Gasteiger partial charge in [0.15, 0.2) is 5.82 Å². The molecule has 0 saturated carbocycles. The van der Waals surface area contributed by atoms with Gasteiger partial charge in [-0.15, -0.1) is 0 Å².